The summed E-state index contributed by atoms with van der Waals surface area (Å²) in [7, 11) is 0. The largest absolute Gasteiger partial charge is 0.452 e. The maximum atomic E-state index is 13.7. The summed E-state index contributed by atoms with van der Waals surface area (Å²) in [4.78, 5) is 24.4. The molecule has 0 bridgehead atoms. The van der Waals surface area contributed by atoms with Crippen LogP contribution in [0.5, 0.6) is 0 Å². The number of esters is 1. The van der Waals surface area contributed by atoms with E-state index in [2.05, 4.69) is 11.4 Å². The van der Waals surface area contributed by atoms with Gasteiger partial charge in [0.2, 0.25) is 0 Å². The van der Waals surface area contributed by atoms with Gasteiger partial charge in [-0.2, -0.15) is 5.26 Å². The number of para-hydroxylation sites is 1. The first kappa shape index (κ1) is 20.7. The van der Waals surface area contributed by atoms with Gasteiger partial charge in [-0.15, -0.1) is 0 Å². The minimum atomic E-state index is -1.30. The molecular formula is C22H17F2N3O3. The number of nitrogens with one attached hydrogen (secondary N) is 1. The van der Waals surface area contributed by atoms with Crippen molar-refractivity contribution in [1.82, 2.24) is 4.57 Å². The number of halogens is 2. The quantitative estimate of drug-likeness (QED) is 0.645. The first-order valence-electron chi connectivity index (χ1n) is 8.93. The number of benzene rings is 2. The number of hydrogen-bond donors (Lipinski definition) is 1. The minimum Gasteiger partial charge on any atom is -0.452 e. The lowest BCUT2D eigenvalue weighted by molar-refractivity contribution is -0.119. The Kier molecular flexibility index (Phi) is 5.93. The first-order chi connectivity index (χ1) is 14.3. The molecule has 6 nitrogen and oxygen atoms in total. The van der Waals surface area contributed by atoms with Gasteiger partial charge in [0, 0.05) is 11.4 Å². The van der Waals surface area contributed by atoms with E-state index < -0.39 is 35.7 Å². The van der Waals surface area contributed by atoms with E-state index >= 15 is 0 Å². The molecule has 0 saturated carbocycles. The predicted octanol–water partition coefficient (Wildman–Crippen LogP) is 4.04. The van der Waals surface area contributed by atoms with E-state index in [1.54, 1.807) is 18.4 Å². The average Bonchev–Trinajstić information content (AvgIpc) is 2.96. The van der Waals surface area contributed by atoms with Gasteiger partial charge in [0.1, 0.15) is 29.1 Å². The van der Waals surface area contributed by atoms with Gasteiger partial charge in [-0.05, 0) is 43.7 Å². The second-order valence-corrected chi connectivity index (χ2v) is 6.44. The number of anilines is 1. The van der Waals surface area contributed by atoms with Crippen LogP contribution in [0.25, 0.3) is 5.69 Å². The third kappa shape index (κ3) is 3.91. The molecule has 1 heterocycles. The van der Waals surface area contributed by atoms with Crippen LogP contribution in [0.15, 0.2) is 48.5 Å². The third-order valence-electron chi connectivity index (χ3n) is 4.60. The molecule has 30 heavy (non-hydrogen) atoms. The van der Waals surface area contributed by atoms with Crippen LogP contribution >= 0.6 is 0 Å². The molecule has 0 saturated heterocycles. The van der Waals surface area contributed by atoms with Gasteiger partial charge < -0.3 is 10.1 Å². The van der Waals surface area contributed by atoms with Crippen molar-refractivity contribution in [1.29, 1.82) is 5.26 Å². The maximum Gasteiger partial charge on any atom is 0.344 e. The fourth-order valence-corrected chi connectivity index (χ4v) is 3.02. The van der Waals surface area contributed by atoms with Crippen molar-refractivity contribution in [3.8, 4) is 11.8 Å². The number of hydrogen-bond acceptors (Lipinski definition) is 4. The molecule has 8 heteroatoms. The molecule has 0 aliphatic heterocycles. The van der Waals surface area contributed by atoms with E-state index in [1.165, 1.54) is 0 Å². The zero-order chi connectivity index (χ0) is 21.8. The van der Waals surface area contributed by atoms with Gasteiger partial charge in [-0.25, -0.2) is 13.6 Å². The lowest BCUT2D eigenvalue weighted by Gasteiger charge is -2.13. The molecule has 0 radical (unpaired) electrons. The summed E-state index contributed by atoms with van der Waals surface area (Å²) in [6, 6.07) is 14.1. The molecule has 0 aliphatic rings. The minimum absolute atomic E-state index is 0.219. The van der Waals surface area contributed by atoms with Crippen molar-refractivity contribution in [2.45, 2.75) is 13.8 Å². The molecule has 0 unspecified atom stereocenters. The maximum absolute atomic E-state index is 13.7. The smallest absolute Gasteiger partial charge is 0.344 e. The average molecular weight is 409 g/mol. The molecule has 3 rings (SSSR count). The lowest BCUT2D eigenvalue weighted by atomic mass is 10.2. The second kappa shape index (κ2) is 8.57. The fraction of sp³-hybridized carbons (Fsp3) is 0.136. The van der Waals surface area contributed by atoms with E-state index in [0.29, 0.717) is 5.56 Å². The van der Waals surface area contributed by atoms with Gasteiger partial charge in [-0.3, -0.25) is 9.36 Å². The Morgan fingerprint density at radius 2 is 1.70 bits per heavy atom. The van der Waals surface area contributed by atoms with Crippen molar-refractivity contribution in [2.24, 2.45) is 0 Å². The van der Waals surface area contributed by atoms with Crippen LogP contribution in [-0.4, -0.2) is 23.1 Å². The van der Waals surface area contributed by atoms with Crippen molar-refractivity contribution in [3.05, 3.63) is 82.5 Å². The van der Waals surface area contributed by atoms with E-state index in [0.717, 1.165) is 29.6 Å². The van der Waals surface area contributed by atoms with Crippen LogP contribution in [0, 0.1) is 36.8 Å². The highest BCUT2D eigenvalue weighted by Gasteiger charge is 2.23. The summed E-state index contributed by atoms with van der Waals surface area (Å²) < 4.78 is 33.8. The van der Waals surface area contributed by atoms with Crippen LogP contribution in [0.2, 0.25) is 0 Å². The van der Waals surface area contributed by atoms with Crippen LogP contribution in [0.3, 0.4) is 0 Å². The van der Waals surface area contributed by atoms with Crippen molar-refractivity contribution in [2.75, 3.05) is 11.9 Å². The Morgan fingerprint density at radius 1 is 1.07 bits per heavy atom. The molecule has 1 N–H and O–H groups in total. The zero-order valence-electron chi connectivity index (χ0n) is 16.2. The van der Waals surface area contributed by atoms with Crippen molar-refractivity contribution >= 4 is 17.7 Å². The first-order valence-corrected chi connectivity index (χ1v) is 8.93. The molecule has 2 aromatic carbocycles. The monoisotopic (exact) mass is 409 g/mol. The van der Waals surface area contributed by atoms with Crippen LogP contribution in [-0.2, 0) is 9.53 Å². The van der Waals surface area contributed by atoms with Crippen molar-refractivity contribution in [3.63, 3.8) is 0 Å². The van der Waals surface area contributed by atoms with E-state index in [-0.39, 0.29) is 11.4 Å². The predicted molar refractivity (Wildman–Crippen MR) is 105 cm³/mol. The summed E-state index contributed by atoms with van der Waals surface area (Å²) >= 11 is 0. The summed E-state index contributed by atoms with van der Waals surface area (Å²) in [5.74, 6) is -4.01. The number of nitriles is 1. The topological polar surface area (TPSA) is 84.1 Å². The molecule has 0 aliphatic carbocycles. The zero-order valence-corrected chi connectivity index (χ0v) is 16.2. The molecule has 0 spiro atoms. The Labute approximate surface area is 171 Å². The second-order valence-electron chi connectivity index (χ2n) is 6.44. The van der Waals surface area contributed by atoms with E-state index in [4.69, 9.17) is 4.74 Å². The van der Waals surface area contributed by atoms with E-state index in [1.807, 2.05) is 30.3 Å². The van der Waals surface area contributed by atoms with Gasteiger partial charge in [0.25, 0.3) is 5.91 Å². The molecule has 152 valence electrons. The van der Waals surface area contributed by atoms with Gasteiger partial charge in [-0.1, -0.05) is 24.3 Å². The molecular weight excluding hydrogens is 392 g/mol. The Balaban J connectivity index is 1.83. The Morgan fingerprint density at radius 3 is 2.30 bits per heavy atom. The normalized spacial score (nSPS) is 10.4. The highest BCUT2D eigenvalue weighted by atomic mass is 19.1. The number of amides is 1. The van der Waals surface area contributed by atoms with Crippen LogP contribution in [0.4, 0.5) is 14.6 Å². The molecule has 1 amide bonds. The summed E-state index contributed by atoms with van der Waals surface area (Å²) in [6.07, 6.45) is 0. The molecule has 0 atom stereocenters. The highest BCUT2D eigenvalue weighted by molar-refractivity contribution is 5.96. The van der Waals surface area contributed by atoms with Crippen LogP contribution < -0.4 is 5.32 Å². The fourth-order valence-electron chi connectivity index (χ4n) is 3.02. The number of nitrogens with zero attached hydrogens (tertiary/aromatic N) is 2. The van der Waals surface area contributed by atoms with Gasteiger partial charge >= 0.3 is 5.97 Å². The standard InChI is InChI=1S/C22H17F2N3O3/c1-13-14(2)27(15-7-4-3-5-8-15)21(16(13)11-25)26-19(28)12-30-22(29)20-17(23)9-6-10-18(20)24/h3-10H,12H2,1-2H3,(H,26,28). The van der Waals surface area contributed by atoms with E-state index in [9.17, 15) is 23.6 Å². The lowest BCUT2D eigenvalue weighted by Crippen LogP contribution is -2.23. The number of carbonyl (C=O) groups excluding carboxylic acids is 2. The molecule has 1 aromatic heterocycles. The molecule has 0 fully saturated rings. The summed E-state index contributed by atoms with van der Waals surface area (Å²) in [5.41, 5.74) is 1.54. The number of carbonyl (C=O) groups is 2. The third-order valence-corrected chi connectivity index (χ3v) is 4.60. The highest BCUT2D eigenvalue weighted by Crippen LogP contribution is 2.29. The molecule has 3 aromatic rings. The summed E-state index contributed by atoms with van der Waals surface area (Å²) in [6.45, 7) is 2.78. The van der Waals surface area contributed by atoms with Gasteiger partial charge in [0.15, 0.2) is 6.61 Å². The summed E-state index contributed by atoms with van der Waals surface area (Å²) in [5, 5.41) is 12.1. The van der Waals surface area contributed by atoms with Crippen LogP contribution in [0.1, 0.15) is 27.2 Å². The Bertz CT molecular complexity index is 1140. The van der Waals surface area contributed by atoms with Gasteiger partial charge in [0.05, 0.1) is 5.56 Å². The number of ether oxygens (including phenoxy) is 1. The SMILES string of the molecule is Cc1c(C#N)c(NC(=O)COC(=O)c2c(F)cccc2F)n(-c2ccccc2)c1C. The Hall–Kier alpha value is -3.99. The number of aromatic nitrogens is 1. The number of rotatable bonds is 5. The van der Waals surface area contributed by atoms with Crippen molar-refractivity contribution < 1.29 is 23.1 Å².